The zero-order chi connectivity index (χ0) is 13.9. The third kappa shape index (κ3) is 3.58. The van der Waals surface area contributed by atoms with Gasteiger partial charge in [0.15, 0.2) is 6.30 Å². The Morgan fingerprint density at radius 3 is 2.39 bits per heavy atom. The summed E-state index contributed by atoms with van der Waals surface area (Å²) in [6.45, 7) is 5.07. The average molecular weight is 261 g/mol. The molecule has 1 aliphatic heterocycles. The number of alkyl halides is 1. The second-order valence-electron chi connectivity index (χ2n) is 5.29. The van der Waals surface area contributed by atoms with Crippen molar-refractivity contribution >= 4 is 12.1 Å². The topological polar surface area (TPSA) is 55.8 Å². The predicted octanol–water partition coefficient (Wildman–Crippen LogP) is 2.24. The van der Waals surface area contributed by atoms with Gasteiger partial charge in [0.05, 0.1) is 7.11 Å². The maximum Gasteiger partial charge on any atom is 0.413 e. The van der Waals surface area contributed by atoms with E-state index in [-0.39, 0.29) is 6.42 Å². The highest BCUT2D eigenvalue weighted by atomic mass is 19.1. The van der Waals surface area contributed by atoms with Gasteiger partial charge < -0.3 is 9.47 Å². The van der Waals surface area contributed by atoms with Crippen LogP contribution < -0.4 is 0 Å². The van der Waals surface area contributed by atoms with Crippen molar-refractivity contribution in [3.05, 3.63) is 0 Å². The zero-order valence-corrected chi connectivity index (χ0v) is 11.2. The van der Waals surface area contributed by atoms with Gasteiger partial charge in [0, 0.05) is 0 Å². The number of likely N-dealkylation sites (tertiary alicyclic amines) is 1. The summed E-state index contributed by atoms with van der Waals surface area (Å²) >= 11 is 0. The Morgan fingerprint density at radius 1 is 1.28 bits per heavy atom. The summed E-state index contributed by atoms with van der Waals surface area (Å²) in [6, 6.07) is -0.895. The van der Waals surface area contributed by atoms with Crippen molar-refractivity contribution in [3.63, 3.8) is 0 Å². The summed E-state index contributed by atoms with van der Waals surface area (Å²) in [4.78, 5) is 24.3. The van der Waals surface area contributed by atoms with Crippen LogP contribution in [0.15, 0.2) is 0 Å². The normalized spacial score (nSPS) is 24.6. The fraction of sp³-hybridized carbons (Fsp3) is 0.833. The molecule has 5 nitrogen and oxygen atoms in total. The Morgan fingerprint density at radius 2 is 1.89 bits per heavy atom. The van der Waals surface area contributed by atoms with E-state index in [1.54, 1.807) is 20.8 Å². The van der Waals surface area contributed by atoms with Crippen LogP contribution in [-0.4, -0.2) is 42.0 Å². The Balaban J connectivity index is 2.84. The van der Waals surface area contributed by atoms with Gasteiger partial charge >= 0.3 is 12.1 Å². The molecule has 2 unspecified atom stereocenters. The molecule has 0 aromatic heterocycles. The van der Waals surface area contributed by atoms with Crippen molar-refractivity contribution in [1.82, 2.24) is 4.90 Å². The minimum atomic E-state index is -1.50. The van der Waals surface area contributed by atoms with Gasteiger partial charge in [-0.1, -0.05) is 0 Å². The van der Waals surface area contributed by atoms with E-state index in [4.69, 9.17) is 4.74 Å². The molecule has 1 aliphatic rings. The summed E-state index contributed by atoms with van der Waals surface area (Å²) in [5.41, 5.74) is -0.727. The van der Waals surface area contributed by atoms with Gasteiger partial charge in [0.1, 0.15) is 11.6 Å². The Hall–Kier alpha value is -1.33. The fourth-order valence-corrected chi connectivity index (χ4v) is 1.88. The van der Waals surface area contributed by atoms with E-state index in [2.05, 4.69) is 4.74 Å². The van der Waals surface area contributed by atoms with Gasteiger partial charge in [-0.3, -0.25) is 4.90 Å². The van der Waals surface area contributed by atoms with Gasteiger partial charge in [-0.15, -0.1) is 0 Å². The van der Waals surface area contributed by atoms with E-state index < -0.39 is 30.0 Å². The highest BCUT2D eigenvalue weighted by Crippen LogP contribution is 2.26. The Kier molecular flexibility index (Phi) is 4.53. The minimum absolute atomic E-state index is 0.215. The van der Waals surface area contributed by atoms with Crippen LogP contribution in [0.4, 0.5) is 9.18 Å². The van der Waals surface area contributed by atoms with Crippen molar-refractivity contribution < 1.29 is 23.5 Å². The molecule has 2 atom stereocenters. The van der Waals surface area contributed by atoms with Crippen molar-refractivity contribution in [2.24, 2.45) is 0 Å². The quantitative estimate of drug-likeness (QED) is 0.536. The minimum Gasteiger partial charge on any atom is -0.467 e. The number of hydrogen-bond acceptors (Lipinski definition) is 4. The van der Waals surface area contributed by atoms with Crippen LogP contribution >= 0.6 is 0 Å². The summed E-state index contributed by atoms with van der Waals surface area (Å²) < 4.78 is 23.5. The summed E-state index contributed by atoms with van der Waals surface area (Å²) in [6.07, 6.45) is -1.16. The molecule has 0 radical (unpaired) electrons. The average Bonchev–Trinajstić information content (AvgIpc) is 2.25. The van der Waals surface area contributed by atoms with Gasteiger partial charge in [-0.2, -0.15) is 0 Å². The first-order chi connectivity index (χ1) is 8.26. The zero-order valence-electron chi connectivity index (χ0n) is 11.2. The van der Waals surface area contributed by atoms with Crippen LogP contribution in [-0.2, 0) is 14.3 Å². The third-order valence-electron chi connectivity index (χ3n) is 2.64. The molecule has 0 aliphatic carbocycles. The molecule has 1 rings (SSSR count). The molecule has 0 aromatic carbocycles. The lowest BCUT2D eigenvalue weighted by Crippen LogP contribution is -2.53. The van der Waals surface area contributed by atoms with Crippen LogP contribution in [0.25, 0.3) is 0 Å². The van der Waals surface area contributed by atoms with Crippen LogP contribution in [0.3, 0.4) is 0 Å². The fourth-order valence-electron chi connectivity index (χ4n) is 1.88. The Bertz CT molecular complexity index is 327. The molecule has 1 fully saturated rings. The summed E-state index contributed by atoms with van der Waals surface area (Å²) in [5.74, 6) is -0.608. The maximum atomic E-state index is 13.8. The third-order valence-corrected chi connectivity index (χ3v) is 2.64. The van der Waals surface area contributed by atoms with Crippen LogP contribution in [0.1, 0.15) is 40.0 Å². The number of rotatable bonds is 1. The standard InChI is InChI=1S/C12H20FNO4/c1-12(2,3)18-11(16)14-8(10(15)17-4)6-5-7-9(14)13/h8-9H,5-7H2,1-4H3. The number of methoxy groups -OCH3 is 1. The number of nitrogens with zero attached hydrogens (tertiary/aromatic N) is 1. The smallest absolute Gasteiger partial charge is 0.413 e. The van der Waals surface area contributed by atoms with E-state index >= 15 is 0 Å². The molecule has 0 N–H and O–H groups in total. The second kappa shape index (κ2) is 5.54. The van der Waals surface area contributed by atoms with E-state index in [0.29, 0.717) is 12.8 Å². The molecule has 6 heteroatoms. The van der Waals surface area contributed by atoms with Crippen molar-refractivity contribution in [2.45, 2.75) is 58.0 Å². The lowest BCUT2D eigenvalue weighted by molar-refractivity contribution is -0.151. The highest BCUT2D eigenvalue weighted by Gasteiger charge is 2.41. The predicted molar refractivity (Wildman–Crippen MR) is 62.6 cm³/mol. The SMILES string of the molecule is COC(=O)C1CCCC(F)N1C(=O)OC(C)(C)C. The summed E-state index contributed by atoms with van der Waals surface area (Å²) in [7, 11) is 1.22. The number of carbonyl (C=O) groups excluding carboxylic acids is 2. The molecule has 1 heterocycles. The van der Waals surface area contributed by atoms with Gasteiger partial charge in [-0.25, -0.2) is 14.0 Å². The van der Waals surface area contributed by atoms with Crippen LogP contribution in [0.2, 0.25) is 0 Å². The highest BCUT2D eigenvalue weighted by molar-refractivity contribution is 5.81. The molecule has 1 saturated heterocycles. The second-order valence-corrected chi connectivity index (χ2v) is 5.29. The lowest BCUT2D eigenvalue weighted by Gasteiger charge is -2.37. The number of esters is 1. The maximum absolute atomic E-state index is 13.8. The number of ether oxygens (including phenoxy) is 2. The first-order valence-electron chi connectivity index (χ1n) is 5.99. The van der Waals surface area contributed by atoms with Crippen molar-refractivity contribution in [1.29, 1.82) is 0 Å². The number of hydrogen-bond donors (Lipinski definition) is 0. The van der Waals surface area contributed by atoms with E-state index in [1.807, 2.05) is 0 Å². The molecular formula is C12H20FNO4. The van der Waals surface area contributed by atoms with Gasteiger partial charge in [0.2, 0.25) is 0 Å². The first kappa shape index (κ1) is 14.7. The van der Waals surface area contributed by atoms with Crippen molar-refractivity contribution in [2.75, 3.05) is 7.11 Å². The molecule has 0 spiro atoms. The number of amides is 1. The lowest BCUT2D eigenvalue weighted by atomic mass is 10.0. The van der Waals surface area contributed by atoms with E-state index in [1.165, 1.54) is 7.11 Å². The van der Waals surface area contributed by atoms with Gasteiger partial charge in [0.25, 0.3) is 0 Å². The molecule has 104 valence electrons. The first-order valence-corrected chi connectivity index (χ1v) is 5.99. The van der Waals surface area contributed by atoms with Crippen LogP contribution in [0, 0.1) is 0 Å². The van der Waals surface area contributed by atoms with E-state index in [0.717, 1.165) is 4.90 Å². The summed E-state index contributed by atoms with van der Waals surface area (Å²) in [5, 5.41) is 0. The molecule has 1 amide bonds. The molecule has 0 bridgehead atoms. The van der Waals surface area contributed by atoms with E-state index in [9.17, 15) is 14.0 Å². The molecule has 18 heavy (non-hydrogen) atoms. The molecule has 0 saturated carbocycles. The largest absolute Gasteiger partial charge is 0.467 e. The van der Waals surface area contributed by atoms with Gasteiger partial charge in [-0.05, 0) is 40.0 Å². The number of piperidine rings is 1. The monoisotopic (exact) mass is 261 g/mol. The molecular weight excluding hydrogens is 241 g/mol. The van der Waals surface area contributed by atoms with Crippen molar-refractivity contribution in [3.8, 4) is 0 Å². The number of halogens is 1. The Labute approximate surface area is 106 Å². The molecule has 0 aromatic rings. The van der Waals surface area contributed by atoms with Crippen LogP contribution in [0.5, 0.6) is 0 Å². The number of carbonyl (C=O) groups is 2.